The number of alkyl halides is 6. The Morgan fingerprint density at radius 3 is 1.67 bits per heavy atom. The van der Waals surface area contributed by atoms with E-state index in [0.29, 0.717) is 12.1 Å². The molecule has 0 aromatic heterocycles. The van der Waals surface area contributed by atoms with Gasteiger partial charge >= 0.3 is 12.4 Å². The van der Waals surface area contributed by atoms with E-state index in [9.17, 15) is 30.6 Å². The molecule has 0 amide bonds. The smallest absolute Gasteiger partial charge is 0.234 e. The van der Waals surface area contributed by atoms with E-state index in [1.165, 1.54) is 6.92 Å². The Morgan fingerprint density at radius 2 is 1.38 bits per heavy atom. The highest BCUT2D eigenvalue weighted by molar-refractivity contribution is 7.85. The van der Waals surface area contributed by atoms with Crippen molar-refractivity contribution >= 4 is 16.7 Å². The number of halogens is 6. The first-order chi connectivity index (χ1) is 10.7. The molecule has 1 unspecified atom stereocenters. The SMILES string of the molecule is CCC(=NS(=O)C(C)(C)C)c1cc(C(F)(F)F)cc(C(F)(F)F)c1. The quantitative estimate of drug-likeness (QED) is 0.516. The van der Waals surface area contributed by atoms with Gasteiger partial charge in [-0.3, -0.25) is 0 Å². The molecule has 0 spiro atoms. The molecular formula is C15H17F6NOS. The molecule has 1 aromatic rings. The van der Waals surface area contributed by atoms with Crippen LogP contribution in [0.5, 0.6) is 0 Å². The molecule has 0 aliphatic heterocycles. The zero-order chi connectivity index (χ0) is 18.9. The molecule has 0 bridgehead atoms. The maximum Gasteiger partial charge on any atom is 0.416 e. The van der Waals surface area contributed by atoms with Gasteiger partial charge in [0.1, 0.15) is 11.0 Å². The summed E-state index contributed by atoms with van der Waals surface area (Å²) in [5.41, 5.74) is -3.25. The van der Waals surface area contributed by atoms with Gasteiger partial charge in [0, 0.05) is 0 Å². The van der Waals surface area contributed by atoms with E-state index in [-0.39, 0.29) is 23.8 Å². The van der Waals surface area contributed by atoms with Gasteiger partial charge in [0.2, 0.25) is 0 Å². The molecule has 0 saturated carbocycles. The normalized spacial score (nSPS) is 15.5. The first-order valence-electron chi connectivity index (χ1n) is 6.95. The van der Waals surface area contributed by atoms with Crippen molar-refractivity contribution in [2.45, 2.75) is 51.2 Å². The topological polar surface area (TPSA) is 29.4 Å². The van der Waals surface area contributed by atoms with E-state index in [1.54, 1.807) is 20.8 Å². The molecular weight excluding hydrogens is 356 g/mol. The van der Waals surface area contributed by atoms with Crippen LogP contribution in [0.1, 0.15) is 50.8 Å². The van der Waals surface area contributed by atoms with Gasteiger partial charge in [0.25, 0.3) is 0 Å². The lowest BCUT2D eigenvalue weighted by molar-refractivity contribution is -0.143. The third-order valence-electron chi connectivity index (χ3n) is 2.97. The summed E-state index contributed by atoms with van der Waals surface area (Å²) >= 11 is 0. The number of hydrogen-bond donors (Lipinski definition) is 0. The van der Waals surface area contributed by atoms with Crippen molar-refractivity contribution in [3.8, 4) is 0 Å². The lowest BCUT2D eigenvalue weighted by Gasteiger charge is -2.17. The second kappa shape index (κ2) is 6.85. The Labute approximate surface area is 138 Å². The Morgan fingerprint density at radius 1 is 0.958 bits per heavy atom. The van der Waals surface area contributed by atoms with E-state index in [0.717, 1.165) is 0 Å². The van der Waals surface area contributed by atoms with Crippen LogP contribution in [-0.2, 0) is 23.3 Å². The highest BCUT2D eigenvalue weighted by Crippen LogP contribution is 2.36. The summed E-state index contributed by atoms with van der Waals surface area (Å²) in [5.74, 6) is 0. The highest BCUT2D eigenvalue weighted by Gasteiger charge is 2.37. The van der Waals surface area contributed by atoms with Gasteiger partial charge in [-0.15, -0.1) is 0 Å². The summed E-state index contributed by atoms with van der Waals surface area (Å²) in [6, 6.07) is 1.24. The number of nitrogens with zero attached hydrogens (tertiary/aromatic N) is 1. The van der Waals surface area contributed by atoms with Gasteiger partial charge < -0.3 is 0 Å². The zero-order valence-electron chi connectivity index (χ0n) is 13.5. The molecule has 136 valence electrons. The van der Waals surface area contributed by atoms with Crippen LogP contribution in [0.2, 0.25) is 0 Å². The third kappa shape index (κ3) is 5.32. The monoisotopic (exact) mass is 373 g/mol. The van der Waals surface area contributed by atoms with E-state index in [1.807, 2.05) is 0 Å². The van der Waals surface area contributed by atoms with Gasteiger partial charge in [0.05, 0.1) is 21.6 Å². The van der Waals surface area contributed by atoms with Crippen molar-refractivity contribution in [3.63, 3.8) is 0 Å². The minimum absolute atomic E-state index is 0.0421. The fourth-order valence-electron chi connectivity index (χ4n) is 1.68. The Hall–Kier alpha value is -1.38. The van der Waals surface area contributed by atoms with Gasteiger partial charge in [-0.25, -0.2) is 4.21 Å². The van der Waals surface area contributed by atoms with Crippen LogP contribution >= 0.6 is 0 Å². The van der Waals surface area contributed by atoms with Crippen LogP contribution < -0.4 is 0 Å². The molecule has 2 nitrogen and oxygen atoms in total. The fraction of sp³-hybridized carbons (Fsp3) is 0.533. The summed E-state index contributed by atoms with van der Waals surface area (Å²) in [6.07, 6.45) is -9.82. The first kappa shape index (κ1) is 20.7. The lowest BCUT2D eigenvalue weighted by atomic mass is 10.0. The van der Waals surface area contributed by atoms with Crippen LogP contribution in [0, 0.1) is 0 Å². The lowest BCUT2D eigenvalue weighted by Crippen LogP contribution is -2.21. The van der Waals surface area contributed by atoms with Crippen LogP contribution in [-0.4, -0.2) is 14.7 Å². The average Bonchev–Trinajstić information content (AvgIpc) is 2.40. The van der Waals surface area contributed by atoms with Crippen molar-refractivity contribution in [1.82, 2.24) is 0 Å². The van der Waals surface area contributed by atoms with Crippen molar-refractivity contribution in [1.29, 1.82) is 0 Å². The Balaban J connectivity index is 3.56. The molecule has 0 saturated heterocycles. The average molecular weight is 373 g/mol. The third-order valence-corrected chi connectivity index (χ3v) is 4.41. The van der Waals surface area contributed by atoms with Crippen LogP contribution in [0.25, 0.3) is 0 Å². The molecule has 1 aromatic carbocycles. The second-order valence-electron chi connectivity index (χ2n) is 6.05. The fourth-order valence-corrected chi connectivity index (χ4v) is 2.39. The summed E-state index contributed by atoms with van der Waals surface area (Å²) in [7, 11) is -1.80. The minimum atomic E-state index is -4.93. The van der Waals surface area contributed by atoms with Gasteiger partial charge in [0.15, 0.2) is 0 Å². The van der Waals surface area contributed by atoms with Gasteiger partial charge in [-0.05, 0) is 51.0 Å². The standard InChI is InChI=1S/C15H17F6NOS/c1-5-12(22-24(23)13(2,3)4)9-6-10(14(16,17)18)8-11(7-9)15(19,20)21/h6-8H,5H2,1-4H3. The maximum atomic E-state index is 12.9. The maximum absolute atomic E-state index is 12.9. The number of rotatable bonds is 3. The van der Waals surface area contributed by atoms with Gasteiger partial charge in [-0.2, -0.15) is 30.7 Å². The minimum Gasteiger partial charge on any atom is -0.234 e. The molecule has 1 atom stereocenters. The van der Waals surface area contributed by atoms with Crippen LogP contribution in [0.3, 0.4) is 0 Å². The zero-order valence-corrected chi connectivity index (χ0v) is 14.3. The van der Waals surface area contributed by atoms with Gasteiger partial charge in [-0.1, -0.05) is 6.92 Å². The molecule has 1 rings (SSSR count). The van der Waals surface area contributed by atoms with Crippen LogP contribution in [0.15, 0.2) is 22.6 Å². The Kier molecular flexibility index (Phi) is 5.90. The highest BCUT2D eigenvalue weighted by atomic mass is 32.2. The summed E-state index contributed by atoms with van der Waals surface area (Å²) < 4.78 is 92.4. The summed E-state index contributed by atoms with van der Waals surface area (Å²) in [5, 5.41) is 0. The molecule has 0 heterocycles. The molecule has 0 aliphatic carbocycles. The second-order valence-corrected chi connectivity index (χ2v) is 7.95. The molecule has 9 heteroatoms. The van der Waals surface area contributed by atoms with E-state index in [4.69, 9.17) is 0 Å². The largest absolute Gasteiger partial charge is 0.416 e. The number of hydrogen-bond acceptors (Lipinski definition) is 1. The number of benzene rings is 1. The Bertz CT molecular complexity index is 623. The van der Waals surface area contributed by atoms with E-state index < -0.39 is 39.2 Å². The molecule has 0 aliphatic rings. The van der Waals surface area contributed by atoms with E-state index in [2.05, 4.69) is 4.40 Å². The molecule has 24 heavy (non-hydrogen) atoms. The predicted octanol–water partition coefficient (Wildman–Crippen LogP) is 5.39. The molecule has 0 fully saturated rings. The molecule has 0 N–H and O–H groups in total. The molecule has 0 radical (unpaired) electrons. The van der Waals surface area contributed by atoms with Crippen LogP contribution in [0.4, 0.5) is 26.3 Å². The summed E-state index contributed by atoms with van der Waals surface area (Å²) in [4.78, 5) is 0. The van der Waals surface area contributed by atoms with Crippen molar-refractivity contribution in [2.24, 2.45) is 4.40 Å². The first-order valence-corrected chi connectivity index (χ1v) is 8.06. The predicted molar refractivity (Wildman–Crippen MR) is 81.2 cm³/mol. The summed E-state index contributed by atoms with van der Waals surface area (Å²) in [6.45, 7) is 6.33. The van der Waals surface area contributed by atoms with Crippen molar-refractivity contribution < 1.29 is 30.6 Å². The van der Waals surface area contributed by atoms with Crippen molar-refractivity contribution in [3.05, 3.63) is 34.9 Å². The van der Waals surface area contributed by atoms with E-state index >= 15 is 0 Å². The van der Waals surface area contributed by atoms with Crippen molar-refractivity contribution in [2.75, 3.05) is 0 Å².